The average Bonchev–Trinajstić information content (AvgIpc) is 3.17. The van der Waals surface area contributed by atoms with Gasteiger partial charge in [0.15, 0.2) is 5.96 Å². The molecule has 1 saturated carbocycles. The largest absolute Gasteiger partial charge is 0.357 e. The summed E-state index contributed by atoms with van der Waals surface area (Å²) in [7, 11) is 1.83. The molecule has 1 aromatic carbocycles. The summed E-state index contributed by atoms with van der Waals surface area (Å²) in [5, 5.41) is 9.00. The van der Waals surface area contributed by atoms with E-state index in [1.807, 2.05) is 18.8 Å². The van der Waals surface area contributed by atoms with E-state index in [0.29, 0.717) is 6.04 Å². The standard InChI is InChI=1S/C17H24N4S/c1-18-17(21-13-7-8-15(10-13)22-2)19-11-14-9-12-5-3-4-6-16(12)20-14/h3-6,9,13,15,20H,7-8,10-11H2,1-2H3,(H2,18,19,21). The highest BCUT2D eigenvalue weighted by Gasteiger charge is 2.24. The maximum Gasteiger partial charge on any atom is 0.191 e. The number of H-pyrrole nitrogens is 1. The maximum atomic E-state index is 4.35. The molecule has 5 heteroatoms. The Balaban J connectivity index is 1.55. The molecule has 0 aliphatic heterocycles. The van der Waals surface area contributed by atoms with Gasteiger partial charge in [-0.1, -0.05) is 18.2 Å². The number of aliphatic imine (C=N–C) groups is 1. The van der Waals surface area contributed by atoms with Crippen LogP contribution < -0.4 is 10.6 Å². The Morgan fingerprint density at radius 2 is 2.23 bits per heavy atom. The molecule has 1 aliphatic rings. The van der Waals surface area contributed by atoms with Crippen LogP contribution in [0.15, 0.2) is 35.3 Å². The van der Waals surface area contributed by atoms with Crippen LogP contribution in [0.25, 0.3) is 10.9 Å². The molecule has 1 heterocycles. The quantitative estimate of drug-likeness (QED) is 0.600. The molecule has 118 valence electrons. The van der Waals surface area contributed by atoms with Gasteiger partial charge in [-0.05, 0) is 43.0 Å². The highest BCUT2D eigenvalue weighted by atomic mass is 32.2. The first-order valence-electron chi connectivity index (χ1n) is 7.85. The zero-order valence-electron chi connectivity index (χ0n) is 13.2. The summed E-state index contributed by atoms with van der Waals surface area (Å²) < 4.78 is 0. The predicted octanol–water partition coefficient (Wildman–Crippen LogP) is 3.12. The highest BCUT2D eigenvalue weighted by Crippen LogP contribution is 2.28. The van der Waals surface area contributed by atoms with Crippen LogP contribution in [0, 0.1) is 0 Å². The number of hydrogen-bond acceptors (Lipinski definition) is 2. The minimum Gasteiger partial charge on any atom is -0.357 e. The van der Waals surface area contributed by atoms with Gasteiger partial charge in [0.1, 0.15) is 0 Å². The number of para-hydroxylation sites is 1. The molecule has 3 N–H and O–H groups in total. The molecule has 4 nitrogen and oxygen atoms in total. The molecule has 2 atom stereocenters. The van der Waals surface area contributed by atoms with Crippen LogP contribution in [-0.4, -0.2) is 35.5 Å². The second-order valence-corrected chi connectivity index (χ2v) is 6.96. The Bertz CT molecular complexity index is 616. The Morgan fingerprint density at radius 3 is 2.95 bits per heavy atom. The topological polar surface area (TPSA) is 52.2 Å². The molecule has 1 fully saturated rings. The molecule has 1 aromatic heterocycles. The summed E-state index contributed by atoms with van der Waals surface area (Å²) in [6, 6.07) is 11.1. The first-order chi connectivity index (χ1) is 10.8. The van der Waals surface area contributed by atoms with Crippen molar-refractivity contribution in [2.24, 2.45) is 4.99 Å². The molecule has 3 rings (SSSR count). The van der Waals surface area contributed by atoms with Crippen molar-refractivity contribution in [3.05, 3.63) is 36.0 Å². The average molecular weight is 316 g/mol. The molecule has 22 heavy (non-hydrogen) atoms. The Morgan fingerprint density at radius 1 is 1.36 bits per heavy atom. The second-order valence-electron chi connectivity index (χ2n) is 5.82. The number of benzene rings is 1. The van der Waals surface area contributed by atoms with E-state index in [-0.39, 0.29) is 0 Å². The van der Waals surface area contributed by atoms with E-state index >= 15 is 0 Å². The summed E-state index contributed by atoms with van der Waals surface area (Å²) in [4.78, 5) is 7.78. The van der Waals surface area contributed by atoms with Gasteiger partial charge >= 0.3 is 0 Å². The molecular weight excluding hydrogens is 292 g/mol. The van der Waals surface area contributed by atoms with Crippen LogP contribution in [0.1, 0.15) is 25.0 Å². The minimum absolute atomic E-state index is 0.548. The second kappa shape index (κ2) is 7.09. The smallest absolute Gasteiger partial charge is 0.191 e. The van der Waals surface area contributed by atoms with Crippen molar-refractivity contribution in [2.75, 3.05) is 13.3 Å². The number of guanidine groups is 1. The van der Waals surface area contributed by atoms with E-state index in [9.17, 15) is 0 Å². The third kappa shape index (κ3) is 3.58. The SMILES string of the molecule is CN=C(NCc1cc2ccccc2[nH]1)NC1CCC(SC)C1. The highest BCUT2D eigenvalue weighted by molar-refractivity contribution is 7.99. The maximum absolute atomic E-state index is 4.35. The van der Waals surface area contributed by atoms with Gasteiger partial charge in [-0.15, -0.1) is 0 Å². The van der Waals surface area contributed by atoms with E-state index in [4.69, 9.17) is 0 Å². The van der Waals surface area contributed by atoms with E-state index in [0.717, 1.165) is 17.8 Å². The first kappa shape index (κ1) is 15.3. The number of nitrogens with one attached hydrogen (secondary N) is 3. The molecule has 2 aromatic rings. The number of hydrogen-bond donors (Lipinski definition) is 3. The van der Waals surface area contributed by atoms with Crippen molar-refractivity contribution in [3.8, 4) is 0 Å². The number of fused-ring (bicyclic) bond motifs is 1. The van der Waals surface area contributed by atoms with Crippen molar-refractivity contribution < 1.29 is 0 Å². The van der Waals surface area contributed by atoms with Gasteiger partial charge in [0, 0.05) is 29.6 Å². The van der Waals surface area contributed by atoms with Crippen LogP contribution in [0.5, 0.6) is 0 Å². The van der Waals surface area contributed by atoms with Crippen LogP contribution in [0.4, 0.5) is 0 Å². The summed E-state index contributed by atoms with van der Waals surface area (Å²) in [5.74, 6) is 0.894. The zero-order chi connectivity index (χ0) is 15.4. The third-order valence-corrected chi connectivity index (χ3v) is 5.41. The van der Waals surface area contributed by atoms with Crippen LogP contribution in [0.2, 0.25) is 0 Å². The lowest BCUT2D eigenvalue weighted by atomic mass is 10.2. The molecule has 0 spiro atoms. The van der Waals surface area contributed by atoms with E-state index < -0.39 is 0 Å². The van der Waals surface area contributed by atoms with E-state index in [1.165, 1.54) is 35.9 Å². The number of aromatic amines is 1. The number of thioether (sulfide) groups is 1. The van der Waals surface area contributed by atoms with E-state index in [1.54, 1.807) is 0 Å². The zero-order valence-corrected chi connectivity index (χ0v) is 14.0. The molecule has 0 radical (unpaired) electrons. The first-order valence-corrected chi connectivity index (χ1v) is 9.14. The summed E-state index contributed by atoms with van der Waals surface area (Å²) in [6.45, 7) is 0.757. The minimum atomic E-state index is 0.548. The fourth-order valence-electron chi connectivity index (χ4n) is 3.08. The third-order valence-electron chi connectivity index (χ3n) is 4.31. The lowest BCUT2D eigenvalue weighted by Crippen LogP contribution is -2.42. The summed E-state index contributed by atoms with van der Waals surface area (Å²) in [6.07, 6.45) is 5.97. The van der Waals surface area contributed by atoms with Gasteiger partial charge in [0.2, 0.25) is 0 Å². The Labute approximate surface area is 136 Å². The van der Waals surface area contributed by atoms with Gasteiger partial charge < -0.3 is 15.6 Å². The summed E-state index contributed by atoms with van der Waals surface area (Å²) in [5.41, 5.74) is 2.36. The van der Waals surface area contributed by atoms with Crippen molar-refractivity contribution in [1.29, 1.82) is 0 Å². The lowest BCUT2D eigenvalue weighted by Gasteiger charge is -2.17. The van der Waals surface area contributed by atoms with Crippen LogP contribution in [0.3, 0.4) is 0 Å². The summed E-state index contributed by atoms with van der Waals surface area (Å²) >= 11 is 1.98. The molecule has 0 saturated heterocycles. The van der Waals surface area contributed by atoms with Gasteiger partial charge in [0.05, 0.1) is 6.54 Å². The fraction of sp³-hybridized carbons (Fsp3) is 0.471. The van der Waals surface area contributed by atoms with Gasteiger partial charge in [-0.2, -0.15) is 11.8 Å². The molecule has 0 amide bonds. The van der Waals surface area contributed by atoms with Gasteiger partial charge in [-0.25, -0.2) is 0 Å². The van der Waals surface area contributed by atoms with E-state index in [2.05, 4.69) is 57.2 Å². The van der Waals surface area contributed by atoms with Crippen LogP contribution >= 0.6 is 11.8 Å². The Kier molecular flexibility index (Phi) is 4.93. The lowest BCUT2D eigenvalue weighted by molar-refractivity contribution is 0.614. The molecule has 0 bridgehead atoms. The van der Waals surface area contributed by atoms with Crippen molar-refractivity contribution in [3.63, 3.8) is 0 Å². The predicted molar refractivity (Wildman–Crippen MR) is 96.6 cm³/mol. The van der Waals surface area contributed by atoms with Crippen molar-refractivity contribution >= 4 is 28.6 Å². The molecular formula is C17H24N4S. The molecule has 1 aliphatic carbocycles. The number of aromatic nitrogens is 1. The van der Waals surface area contributed by atoms with Crippen molar-refractivity contribution in [2.45, 2.75) is 37.1 Å². The number of nitrogens with zero attached hydrogens (tertiary/aromatic N) is 1. The van der Waals surface area contributed by atoms with Crippen LogP contribution in [-0.2, 0) is 6.54 Å². The number of rotatable bonds is 4. The monoisotopic (exact) mass is 316 g/mol. The van der Waals surface area contributed by atoms with Gasteiger partial charge in [-0.3, -0.25) is 4.99 Å². The van der Waals surface area contributed by atoms with Crippen molar-refractivity contribution in [1.82, 2.24) is 15.6 Å². The van der Waals surface area contributed by atoms with Gasteiger partial charge in [0.25, 0.3) is 0 Å². The fourth-order valence-corrected chi connectivity index (χ4v) is 3.88. The molecule has 2 unspecified atom stereocenters. The Hall–Kier alpha value is -1.62. The normalized spacial score (nSPS) is 22.2.